The molecule has 0 saturated carbocycles. The summed E-state index contributed by atoms with van der Waals surface area (Å²) < 4.78 is 6.40. The first-order valence-corrected chi connectivity index (χ1v) is 11.1. The molecule has 5 rings (SSSR count). The van der Waals surface area contributed by atoms with E-state index in [4.69, 9.17) is 4.74 Å². The molecule has 2 bridgehead atoms. The molecule has 1 aromatic carbocycles. The Hall–Kier alpha value is -2.93. The number of benzene rings is 1. The molecule has 7 heteroatoms. The highest BCUT2D eigenvalue weighted by molar-refractivity contribution is 5.99. The SMILES string of the molecule is CC(=O)N1CCC(N2CC3CC2C(=O)N(Cc2ccccn2)c2ccccc2O3)CC1. The van der Waals surface area contributed by atoms with Gasteiger partial charge >= 0.3 is 0 Å². The quantitative estimate of drug-likeness (QED) is 0.763. The van der Waals surface area contributed by atoms with Crippen LogP contribution >= 0.6 is 0 Å². The van der Waals surface area contributed by atoms with Gasteiger partial charge in [-0.25, -0.2) is 0 Å². The Labute approximate surface area is 182 Å². The first kappa shape index (κ1) is 20.0. The van der Waals surface area contributed by atoms with Crippen molar-refractivity contribution >= 4 is 17.5 Å². The highest BCUT2D eigenvalue weighted by Crippen LogP contribution is 2.38. The van der Waals surface area contributed by atoms with Crippen LogP contribution < -0.4 is 9.64 Å². The van der Waals surface area contributed by atoms with Gasteiger partial charge in [-0.05, 0) is 37.1 Å². The number of piperidine rings is 1. The lowest BCUT2D eigenvalue weighted by Gasteiger charge is -2.39. The minimum Gasteiger partial charge on any atom is -0.487 e. The van der Waals surface area contributed by atoms with Gasteiger partial charge in [-0.1, -0.05) is 18.2 Å². The van der Waals surface area contributed by atoms with E-state index in [1.807, 2.05) is 52.3 Å². The smallest absolute Gasteiger partial charge is 0.244 e. The number of aromatic nitrogens is 1. The second-order valence-corrected chi connectivity index (χ2v) is 8.64. The van der Waals surface area contributed by atoms with Gasteiger partial charge in [0.15, 0.2) is 0 Å². The molecule has 31 heavy (non-hydrogen) atoms. The van der Waals surface area contributed by atoms with Gasteiger partial charge in [0.1, 0.15) is 11.9 Å². The highest BCUT2D eigenvalue weighted by atomic mass is 16.5. The summed E-state index contributed by atoms with van der Waals surface area (Å²) >= 11 is 0. The minimum atomic E-state index is -0.212. The van der Waals surface area contributed by atoms with Crippen molar-refractivity contribution < 1.29 is 14.3 Å². The van der Waals surface area contributed by atoms with Crippen LogP contribution in [0.5, 0.6) is 5.75 Å². The van der Waals surface area contributed by atoms with Gasteiger partial charge in [0, 0.05) is 45.2 Å². The first-order valence-electron chi connectivity index (χ1n) is 11.1. The van der Waals surface area contributed by atoms with Crippen molar-refractivity contribution in [3.63, 3.8) is 0 Å². The average Bonchev–Trinajstić information content (AvgIpc) is 3.22. The van der Waals surface area contributed by atoms with E-state index in [0.717, 1.165) is 49.6 Å². The Kier molecular flexibility index (Phi) is 5.36. The van der Waals surface area contributed by atoms with Gasteiger partial charge in [-0.2, -0.15) is 0 Å². The minimum absolute atomic E-state index is 0.00191. The number of carbonyl (C=O) groups is 2. The number of para-hydroxylation sites is 2. The average molecular weight is 421 g/mol. The number of nitrogens with zero attached hydrogens (tertiary/aromatic N) is 4. The van der Waals surface area contributed by atoms with Crippen molar-refractivity contribution in [3.05, 3.63) is 54.4 Å². The van der Waals surface area contributed by atoms with Gasteiger partial charge in [-0.3, -0.25) is 19.5 Å². The van der Waals surface area contributed by atoms with Gasteiger partial charge in [-0.15, -0.1) is 0 Å². The normalized spacial score (nSPS) is 24.4. The van der Waals surface area contributed by atoms with Crippen LogP contribution in [0.15, 0.2) is 48.7 Å². The molecule has 2 unspecified atom stereocenters. The van der Waals surface area contributed by atoms with E-state index < -0.39 is 0 Å². The van der Waals surface area contributed by atoms with Crippen molar-refractivity contribution in [1.82, 2.24) is 14.8 Å². The molecule has 0 N–H and O–H groups in total. The molecule has 3 aliphatic heterocycles. The number of pyridine rings is 1. The number of likely N-dealkylation sites (tertiary alicyclic amines) is 2. The zero-order chi connectivity index (χ0) is 21.4. The van der Waals surface area contributed by atoms with E-state index in [-0.39, 0.29) is 30.0 Å². The lowest BCUT2D eigenvalue weighted by Crippen LogP contribution is -2.52. The van der Waals surface area contributed by atoms with E-state index >= 15 is 0 Å². The molecule has 0 spiro atoms. The van der Waals surface area contributed by atoms with Crippen LogP contribution in [0.25, 0.3) is 0 Å². The first-order chi connectivity index (χ1) is 15.1. The third kappa shape index (κ3) is 3.90. The monoisotopic (exact) mass is 420 g/mol. The summed E-state index contributed by atoms with van der Waals surface area (Å²) in [6, 6.07) is 13.6. The second kappa shape index (κ2) is 8.30. The van der Waals surface area contributed by atoms with E-state index in [2.05, 4.69) is 9.88 Å². The van der Waals surface area contributed by atoms with Crippen molar-refractivity contribution in [1.29, 1.82) is 0 Å². The van der Waals surface area contributed by atoms with E-state index in [9.17, 15) is 9.59 Å². The van der Waals surface area contributed by atoms with E-state index in [1.165, 1.54) is 0 Å². The lowest BCUT2D eigenvalue weighted by molar-refractivity contribution is -0.131. The molecule has 7 nitrogen and oxygen atoms in total. The van der Waals surface area contributed by atoms with Crippen LogP contribution in [0, 0.1) is 0 Å². The number of hydrogen-bond donors (Lipinski definition) is 0. The van der Waals surface area contributed by atoms with Crippen LogP contribution in [0.3, 0.4) is 0 Å². The number of carbonyl (C=O) groups excluding carboxylic acids is 2. The molecule has 2 aromatic rings. The van der Waals surface area contributed by atoms with Gasteiger partial charge in [0.2, 0.25) is 11.8 Å². The van der Waals surface area contributed by atoms with Gasteiger partial charge < -0.3 is 14.5 Å². The number of anilines is 1. The summed E-state index contributed by atoms with van der Waals surface area (Å²) in [5.74, 6) is 0.991. The molecule has 2 saturated heterocycles. The molecule has 1 aromatic heterocycles. The van der Waals surface area contributed by atoms with Crippen LogP contribution in [-0.2, 0) is 16.1 Å². The summed E-state index contributed by atoms with van der Waals surface area (Å²) in [7, 11) is 0. The molecule has 162 valence electrons. The maximum absolute atomic E-state index is 13.9. The number of ether oxygens (including phenoxy) is 1. The van der Waals surface area contributed by atoms with Crippen molar-refractivity contribution in [2.45, 2.75) is 50.9 Å². The fourth-order valence-electron chi connectivity index (χ4n) is 5.14. The Morgan fingerprint density at radius 1 is 1.13 bits per heavy atom. The summed E-state index contributed by atoms with van der Waals surface area (Å²) in [5.41, 5.74) is 1.66. The summed E-state index contributed by atoms with van der Waals surface area (Å²) in [6.07, 6.45) is 4.23. The standard InChI is InChI=1S/C24H28N4O3/c1-17(29)26-12-9-19(10-13-26)27-16-20-14-22(27)24(30)28(15-18-6-4-5-11-25-18)21-7-2-3-8-23(21)31-20/h2-8,11,19-20,22H,9-10,12-16H2,1H3. The zero-order valence-electron chi connectivity index (χ0n) is 17.8. The largest absolute Gasteiger partial charge is 0.487 e. The summed E-state index contributed by atoms with van der Waals surface area (Å²) in [5, 5.41) is 0. The zero-order valence-corrected chi connectivity index (χ0v) is 17.8. The molecular weight excluding hydrogens is 392 g/mol. The van der Waals surface area contributed by atoms with Crippen molar-refractivity contribution in [2.24, 2.45) is 0 Å². The second-order valence-electron chi connectivity index (χ2n) is 8.64. The number of amides is 2. The molecule has 3 aliphatic rings. The highest BCUT2D eigenvalue weighted by Gasteiger charge is 2.46. The molecule has 2 fully saturated rings. The molecule has 0 radical (unpaired) electrons. The van der Waals surface area contributed by atoms with Crippen LogP contribution in [0.2, 0.25) is 0 Å². The molecule has 2 atom stereocenters. The third-order valence-corrected chi connectivity index (χ3v) is 6.73. The Bertz CT molecular complexity index is 958. The molecule has 4 heterocycles. The van der Waals surface area contributed by atoms with E-state index in [0.29, 0.717) is 13.0 Å². The number of rotatable bonds is 3. The fraction of sp³-hybridized carbons (Fsp3) is 0.458. The topological polar surface area (TPSA) is 66.0 Å². The Morgan fingerprint density at radius 2 is 1.90 bits per heavy atom. The predicted octanol–water partition coefficient (Wildman–Crippen LogP) is 2.46. The van der Waals surface area contributed by atoms with Gasteiger partial charge in [0.25, 0.3) is 0 Å². The van der Waals surface area contributed by atoms with Crippen LogP contribution in [0.1, 0.15) is 31.9 Å². The summed E-state index contributed by atoms with van der Waals surface area (Å²) in [6.45, 7) is 4.29. The third-order valence-electron chi connectivity index (χ3n) is 6.73. The van der Waals surface area contributed by atoms with Crippen molar-refractivity contribution in [2.75, 3.05) is 24.5 Å². The molecule has 2 amide bonds. The molecule has 0 aliphatic carbocycles. The Morgan fingerprint density at radius 3 is 2.65 bits per heavy atom. The van der Waals surface area contributed by atoms with E-state index in [1.54, 1.807) is 13.1 Å². The van der Waals surface area contributed by atoms with Crippen LogP contribution in [0.4, 0.5) is 5.69 Å². The Balaban J connectivity index is 1.43. The fourth-order valence-corrected chi connectivity index (χ4v) is 5.14. The van der Waals surface area contributed by atoms with Gasteiger partial charge in [0.05, 0.1) is 24.0 Å². The lowest BCUT2D eigenvalue weighted by atomic mass is 10.0. The van der Waals surface area contributed by atoms with Crippen LogP contribution in [-0.4, -0.2) is 64.4 Å². The number of fused-ring (bicyclic) bond motifs is 3. The number of hydrogen-bond acceptors (Lipinski definition) is 5. The maximum Gasteiger partial charge on any atom is 0.244 e. The summed E-state index contributed by atoms with van der Waals surface area (Å²) in [4.78, 5) is 36.1. The molecular formula is C24H28N4O3. The van der Waals surface area contributed by atoms with Crippen molar-refractivity contribution in [3.8, 4) is 5.75 Å². The predicted molar refractivity (Wildman–Crippen MR) is 117 cm³/mol. The maximum atomic E-state index is 13.9.